The number of para-hydroxylation sites is 2. The number of pyridine rings is 1. The van der Waals surface area contributed by atoms with Gasteiger partial charge in [0, 0.05) is 16.6 Å². The number of anilines is 1. The fraction of sp³-hybridized carbons (Fsp3) is 0.0800. The van der Waals surface area contributed by atoms with Crippen LogP contribution >= 0.6 is 11.8 Å². The Bertz CT molecular complexity index is 1260. The fourth-order valence-electron chi connectivity index (χ4n) is 3.30. The van der Waals surface area contributed by atoms with Crippen molar-refractivity contribution in [3.8, 4) is 17.2 Å². The zero-order valence-electron chi connectivity index (χ0n) is 16.4. The van der Waals surface area contributed by atoms with Gasteiger partial charge in [-0.2, -0.15) is 5.26 Å². The fourth-order valence-corrected chi connectivity index (χ4v) is 4.06. The molecule has 4 nitrogen and oxygen atoms in total. The highest BCUT2D eigenvalue weighted by Gasteiger charge is 2.13. The lowest BCUT2D eigenvalue weighted by Gasteiger charge is -2.12. The van der Waals surface area contributed by atoms with E-state index in [-0.39, 0.29) is 11.7 Å². The maximum atomic E-state index is 12.7. The van der Waals surface area contributed by atoms with E-state index in [4.69, 9.17) is 0 Å². The summed E-state index contributed by atoms with van der Waals surface area (Å²) in [5, 5.41) is 14.0. The van der Waals surface area contributed by atoms with Gasteiger partial charge in [0.05, 0.1) is 16.8 Å². The number of thioether (sulfide) groups is 1. The largest absolute Gasteiger partial charge is 0.325 e. The first-order chi connectivity index (χ1) is 14.7. The van der Waals surface area contributed by atoms with Gasteiger partial charge in [-0.1, -0.05) is 78.5 Å². The summed E-state index contributed by atoms with van der Waals surface area (Å²) in [6, 6.07) is 27.6. The molecule has 0 saturated heterocycles. The van der Waals surface area contributed by atoms with Crippen molar-refractivity contribution in [3.63, 3.8) is 0 Å². The molecular weight excluding hydrogens is 390 g/mol. The second-order valence-electron chi connectivity index (χ2n) is 6.85. The summed E-state index contributed by atoms with van der Waals surface area (Å²) in [4.78, 5) is 17.3. The van der Waals surface area contributed by atoms with Crippen molar-refractivity contribution in [2.45, 2.75) is 11.9 Å². The quantitative estimate of drug-likeness (QED) is 0.422. The summed E-state index contributed by atoms with van der Waals surface area (Å²) in [5.74, 6) is 0.0290. The third-order valence-corrected chi connectivity index (χ3v) is 5.75. The second-order valence-corrected chi connectivity index (χ2v) is 7.81. The molecule has 1 aromatic heterocycles. The van der Waals surface area contributed by atoms with E-state index in [1.807, 2.05) is 85.8 Å². The highest BCUT2D eigenvalue weighted by Crippen LogP contribution is 2.29. The molecule has 146 valence electrons. The zero-order valence-corrected chi connectivity index (χ0v) is 17.2. The minimum absolute atomic E-state index is 0.140. The zero-order chi connectivity index (χ0) is 20.9. The van der Waals surface area contributed by atoms with Crippen LogP contribution in [0.1, 0.15) is 11.1 Å². The van der Waals surface area contributed by atoms with E-state index < -0.39 is 0 Å². The van der Waals surface area contributed by atoms with Crippen molar-refractivity contribution in [1.82, 2.24) is 4.98 Å². The summed E-state index contributed by atoms with van der Waals surface area (Å²) in [6.45, 7) is 1.99. The average molecular weight is 410 g/mol. The molecule has 5 heteroatoms. The number of fused-ring (bicyclic) bond motifs is 1. The van der Waals surface area contributed by atoms with Crippen LogP contribution in [-0.4, -0.2) is 16.6 Å². The van der Waals surface area contributed by atoms with Crippen molar-refractivity contribution < 1.29 is 4.79 Å². The first-order valence-corrected chi connectivity index (χ1v) is 10.5. The van der Waals surface area contributed by atoms with Crippen LogP contribution in [0.15, 0.2) is 83.9 Å². The van der Waals surface area contributed by atoms with Crippen molar-refractivity contribution >= 4 is 34.3 Å². The number of nitrogens with zero attached hydrogens (tertiary/aromatic N) is 2. The van der Waals surface area contributed by atoms with Crippen LogP contribution in [-0.2, 0) is 4.79 Å². The molecule has 0 fully saturated rings. The molecule has 1 amide bonds. The average Bonchev–Trinajstić information content (AvgIpc) is 2.78. The van der Waals surface area contributed by atoms with E-state index in [1.54, 1.807) is 0 Å². The number of carbonyl (C=O) groups is 1. The number of benzene rings is 3. The first kappa shape index (κ1) is 19.7. The summed E-state index contributed by atoms with van der Waals surface area (Å²) < 4.78 is 0. The minimum Gasteiger partial charge on any atom is -0.325 e. The molecule has 0 bridgehead atoms. The van der Waals surface area contributed by atoms with Crippen molar-refractivity contribution in [2.24, 2.45) is 0 Å². The Morgan fingerprint density at radius 1 is 1.03 bits per heavy atom. The smallest absolute Gasteiger partial charge is 0.234 e. The minimum atomic E-state index is -0.140. The molecule has 0 atom stereocenters. The number of rotatable bonds is 5. The van der Waals surface area contributed by atoms with Gasteiger partial charge in [-0.05, 0) is 30.2 Å². The van der Waals surface area contributed by atoms with Crippen molar-refractivity contribution in [2.75, 3.05) is 11.1 Å². The number of hydrogen-bond donors (Lipinski definition) is 1. The molecule has 30 heavy (non-hydrogen) atoms. The van der Waals surface area contributed by atoms with Gasteiger partial charge in [-0.25, -0.2) is 4.98 Å². The number of hydrogen-bond acceptors (Lipinski definition) is 4. The van der Waals surface area contributed by atoms with Crippen LogP contribution in [0, 0.1) is 18.3 Å². The molecule has 0 spiro atoms. The Kier molecular flexibility index (Phi) is 5.78. The van der Waals surface area contributed by atoms with E-state index in [2.05, 4.69) is 16.4 Å². The van der Waals surface area contributed by atoms with E-state index in [0.29, 0.717) is 10.6 Å². The summed E-state index contributed by atoms with van der Waals surface area (Å²) in [7, 11) is 0. The predicted octanol–water partition coefficient (Wildman–Crippen LogP) is 5.81. The number of nitriles is 1. The van der Waals surface area contributed by atoms with Gasteiger partial charge in [-0.3, -0.25) is 4.79 Å². The van der Waals surface area contributed by atoms with Crippen LogP contribution in [0.5, 0.6) is 0 Å². The van der Waals surface area contributed by atoms with E-state index in [9.17, 15) is 10.1 Å². The molecule has 0 aliphatic heterocycles. The number of aromatic nitrogens is 1. The molecule has 4 aromatic rings. The highest BCUT2D eigenvalue weighted by atomic mass is 32.2. The molecule has 0 unspecified atom stereocenters. The lowest BCUT2D eigenvalue weighted by Crippen LogP contribution is -2.15. The van der Waals surface area contributed by atoms with Gasteiger partial charge in [0.2, 0.25) is 5.91 Å². The molecule has 4 rings (SSSR count). The van der Waals surface area contributed by atoms with Gasteiger partial charge in [0.25, 0.3) is 0 Å². The molecule has 0 saturated carbocycles. The van der Waals surface area contributed by atoms with Gasteiger partial charge < -0.3 is 5.32 Å². The number of carbonyl (C=O) groups excluding carboxylic acids is 1. The summed E-state index contributed by atoms with van der Waals surface area (Å²) >= 11 is 1.28. The molecular formula is C25H19N3OS. The second kappa shape index (κ2) is 8.81. The highest BCUT2D eigenvalue weighted by molar-refractivity contribution is 8.00. The predicted molar refractivity (Wildman–Crippen MR) is 122 cm³/mol. The molecule has 3 aromatic carbocycles. The Hall–Kier alpha value is -3.62. The topological polar surface area (TPSA) is 65.8 Å². The van der Waals surface area contributed by atoms with Crippen molar-refractivity contribution in [1.29, 1.82) is 5.26 Å². The van der Waals surface area contributed by atoms with Gasteiger partial charge in [-0.15, -0.1) is 0 Å². The van der Waals surface area contributed by atoms with Crippen LogP contribution in [0.4, 0.5) is 5.69 Å². The normalized spacial score (nSPS) is 10.5. The van der Waals surface area contributed by atoms with Gasteiger partial charge in [0.15, 0.2) is 0 Å². The van der Waals surface area contributed by atoms with Gasteiger partial charge >= 0.3 is 0 Å². The van der Waals surface area contributed by atoms with E-state index >= 15 is 0 Å². The molecule has 0 aliphatic carbocycles. The van der Waals surface area contributed by atoms with Crippen LogP contribution in [0.3, 0.4) is 0 Å². The standard InChI is InChI=1S/C25H19N3OS/c1-17-8-7-11-19-14-20(15-26)25(28-24(17)19)30-16-23(29)27-22-13-6-5-12-21(22)18-9-3-2-4-10-18/h2-14H,16H2,1H3,(H,27,29). The van der Waals surface area contributed by atoms with Crippen molar-refractivity contribution in [3.05, 3.63) is 90.0 Å². The lowest BCUT2D eigenvalue weighted by molar-refractivity contribution is -0.113. The third kappa shape index (κ3) is 4.19. The van der Waals surface area contributed by atoms with Crippen LogP contribution < -0.4 is 5.32 Å². The molecule has 1 N–H and O–H groups in total. The maximum absolute atomic E-state index is 12.7. The summed E-state index contributed by atoms with van der Waals surface area (Å²) in [5.41, 5.74) is 5.15. The number of aryl methyl sites for hydroxylation is 1. The molecule has 1 heterocycles. The Morgan fingerprint density at radius 2 is 1.80 bits per heavy atom. The Labute approximate surface area is 179 Å². The number of nitrogens with one attached hydrogen (secondary N) is 1. The van der Waals surface area contributed by atoms with E-state index in [0.717, 1.165) is 33.3 Å². The Morgan fingerprint density at radius 3 is 2.60 bits per heavy atom. The summed E-state index contributed by atoms with van der Waals surface area (Å²) in [6.07, 6.45) is 0. The van der Waals surface area contributed by atoms with Crippen LogP contribution in [0.2, 0.25) is 0 Å². The van der Waals surface area contributed by atoms with Gasteiger partial charge in [0.1, 0.15) is 11.1 Å². The molecule has 0 radical (unpaired) electrons. The Balaban J connectivity index is 1.53. The maximum Gasteiger partial charge on any atom is 0.234 e. The van der Waals surface area contributed by atoms with E-state index in [1.165, 1.54) is 11.8 Å². The third-order valence-electron chi connectivity index (χ3n) is 4.76. The SMILES string of the molecule is Cc1cccc2cc(C#N)c(SCC(=O)Nc3ccccc3-c3ccccc3)nc12. The molecule has 0 aliphatic rings. The first-order valence-electron chi connectivity index (χ1n) is 9.53. The monoisotopic (exact) mass is 409 g/mol. The van der Waals surface area contributed by atoms with Crippen LogP contribution in [0.25, 0.3) is 22.0 Å². The number of amides is 1. The lowest BCUT2D eigenvalue weighted by atomic mass is 10.0.